The van der Waals surface area contributed by atoms with Crippen LogP contribution in [0.3, 0.4) is 0 Å². The Morgan fingerprint density at radius 1 is 1.42 bits per heavy atom. The third-order valence-electron chi connectivity index (χ3n) is 4.48. The number of carbonyl (C=O) groups is 1. The van der Waals surface area contributed by atoms with Gasteiger partial charge in [0.15, 0.2) is 0 Å². The summed E-state index contributed by atoms with van der Waals surface area (Å²) < 4.78 is 7.39. The highest BCUT2D eigenvalue weighted by Crippen LogP contribution is 2.35. The molecule has 0 bridgehead atoms. The van der Waals surface area contributed by atoms with Crippen LogP contribution in [0, 0.1) is 16.0 Å². The summed E-state index contributed by atoms with van der Waals surface area (Å²) in [6.07, 6.45) is 5.11. The number of nitro benzene ring substituents is 1. The van der Waals surface area contributed by atoms with Crippen molar-refractivity contribution >= 4 is 38.5 Å². The van der Waals surface area contributed by atoms with Crippen LogP contribution in [-0.2, 0) is 9.53 Å². The molecule has 0 amide bonds. The zero-order valence-electron chi connectivity index (χ0n) is 13.3. The van der Waals surface area contributed by atoms with Crippen LogP contribution in [0.2, 0.25) is 0 Å². The smallest absolute Gasteiger partial charge is 0.308 e. The van der Waals surface area contributed by atoms with Gasteiger partial charge in [-0.15, -0.1) is 0 Å². The summed E-state index contributed by atoms with van der Waals surface area (Å²) in [6.45, 7) is 2.23. The molecule has 24 heavy (non-hydrogen) atoms. The number of ether oxygens (including phenoxy) is 1. The number of fused-ring (bicyclic) bond motifs is 1. The number of aromatic nitrogens is 2. The van der Waals surface area contributed by atoms with E-state index in [2.05, 4.69) is 21.0 Å². The molecule has 1 aromatic heterocycles. The lowest BCUT2D eigenvalue weighted by atomic mass is 9.86. The van der Waals surface area contributed by atoms with Gasteiger partial charge in [0.25, 0.3) is 5.69 Å². The number of carbonyl (C=O) groups excluding carboxylic acids is 1. The third kappa shape index (κ3) is 3.28. The van der Waals surface area contributed by atoms with Crippen molar-refractivity contribution in [2.24, 2.45) is 5.92 Å². The van der Waals surface area contributed by atoms with E-state index in [1.54, 1.807) is 6.07 Å². The van der Waals surface area contributed by atoms with Gasteiger partial charge in [0.2, 0.25) is 0 Å². The van der Waals surface area contributed by atoms with Gasteiger partial charge >= 0.3 is 5.97 Å². The lowest BCUT2D eigenvalue weighted by Crippen LogP contribution is -2.25. The summed E-state index contributed by atoms with van der Waals surface area (Å²) >= 11 is 3.22. The van der Waals surface area contributed by atoms with Crippen molar-refractivity contribution in [3.05, 3.63) is 32.9 Å². The molecule has 7 nitrogen and oxygen atoms in total. The van der Waals surface area contributed by atoms with E-state index in [0.717, 1.165) is 36.6 Å². The van der Waals surface area contributed by atoms with Crippen molar-refractivity contribution in [1.29, 1.82) is 0 Å². The first-order valence-electron chi connectivity index (χ1n) is 7.99. The second-order valence-electron chi connectivity index (χ2n) is 5.99. The second kappa shape index (κ2) is 6.88. The average Bonchev–Trinajstić information content (AvgIpc) is 2.97. The Morgan fingerprint density at radius 3 is 2.75 bits per heavy atom. The van der Waals surface area contributed by atoms with Crippen LogP contribution in [0.4, 0.5) is 5.69 Å². The molecule has 1 saturated carbocycles. The molecule has 8 heteroatoms. The summed E-state index contributed by atoms with van der Waals surface area (Å²) in [5, 5.41) is 16.3. The maximum Gasteiger partial charge on any atom is 0.308 e. The molecule has 128 valence electrons. The van der Waals surface area contributed by atoms with Crippen LogP contribution >= 0.6 is 15.9 Å². The zero-order chi connectivity index (χ0) is 17.3. The van der Waals surface area contributed by atoms with Gasteiger partial charge < -0.3 is 4.74 Å². The van der Waals surface area contributed by atoms with Gasteiger partial charge in [-0.05, 0) is 54.6 Å². The number of nitro groups is 1. The predicted octanol–water partition coefficient (Wildman–Crippen LogP) is 4.00. The van der Waals surface area contributed by atoms with E-state index in [9.17, 15) is 14.9 Å². The first kappa shape index (κ1) is 16.9. The minimum absolute atomic E-state index is 0.0265. The first-order valence-corrected chi connectivity index (χ1v) is 8.78. The molecule has 0 atom stereocenters. The van der Waals surface area contributed by atoms with E-state index >= 15 is 0 Å². The highest BCUT2D eigenvalue weighted by atomic mass is 79.9. The SMILES string of the molecule is CCOC(=O)[C@H]1CC[C@H](n2cc3cc([N+](=O)[O-])c(Br)cc3n2)CC1. The molecular formula is C16H18BrN3O4. The summed E-state index contributed by atoms with van der Waals surface area (Å²) in [6, 6.07) is 3.42. The fourth-order valence-corrected chi connectivity index (χ4v) is 3.69. The van der Waals surface area contributed by atoms with Crippen LogP contribution in [-0.4, -0.2) is 27.3 Å². The van der Waals surface area contributed by atoms with Crippen LogP contribution in [0.5, 0.6) is 0 Å². The molecule has 1 heterocycles. The van der Waals surface area contributed by atoms with E-state index in [1.807, 2.05) is 17.8 Å². The Labute approximate surface area is 147 Å². The number of rotatable bonds is 4. The maximum absolute atomic E-state index is 11.8. The standard InChI is InChI=1S/C16H18BrN3O4/c1-2-24-16(21)10-3-5-12(6-4-10)19-9-11-7-15(20(22)23)13(17)8-14(11)18-19/h7-10,12H,2-6H2,1H3/t10-,12-. The topological polar surface area (TPSA) is 87.3 Å². The normalized spacial score (nSPS) is 20.9. The molecule has 2 aromatic rings. The van der Waals surface area contributed by atoms with Crippen LogP contribution in [0.25, 0.3) is 10.9 Å². The Bertz CT molecular complexity index is 781. The maximum atomic E-state index is 11.8. The fraction of sp³-hybridized carbons (Fsp3) is 0.500. The van der Waals surface area contributed by atoms with Gasteiger partial charge in [-0.2, -0.15) is 5.10 Å². The molecule has 0 spiro atoms. The van der Waals surface area contributed by atoms with Gasteiger partial charge in [-0.25, -0.2) is 0 Å². The largest absolute Gasteiger partial charge is 0.466 e. The van der Waals surface area contributed by atoms with Crippen LogP contribution < -0.4 is 0 Å². The van der Waals surface area contributed by atoms with Crippen molar-refractivity contribution in [2.45, 2.75) is 38.6 Å². The highest BCUT2D eigenvalue weighted by Gasteiger charge is 2.28. The Morgan fingerprint density at radius 2 is 2.12 bits per heavy atom. The average molecular weight is 396 g/mol. The van der Waals surface area contributed by atoms with Crippen molar-refractivity contribution < 1.29 is 14.5 Å². The number of benzene rings is 1. The zero-order valence-corrected chi connectivity index (χ0v) is 14.9. The van der Waals surface area contributed by atoms with Crippen molar-refractivity contribution in [1.82, 2.24) is 9.78 Å². The van der Waals surface area contributed by atoms with Crippen molar-refractivity contribution in [2.75, 3.05) is 6.61 Å². The van der Waals surface area contributed by atoms with Gasteiger partial charge in [-0.1, -0.05) is 0 Å². The molecule has 0 aliphatic heterocycles. The minimum Gasteiger partial charge on any atom is -0.466 e. The van der Waals surface area contributed by atoms with E-state index in [1.165, 1.54) is 6.07 Å². The number of hydrogen-bond donors (Lipinski definition) is 0. The molecule has 3 rings (SSSR count). The molecule has 0 radical (unpaired) electrons. The molecule has 1 aliphatic rings. The molecule has 0 unspecified atom stereocenters. The quantitative estimate of drug-likeness (QED) is 0.443. The van der Waals surface area contributed by atoms with E-state index in [-0.39, 0.29) is 23.6 Å². The first-order chi connectivity index (χ1) is 11.5. The molecule has 1 aromatic carbocycles. The number of esters is 1. The monoisotopic (exact) mass is 395 g/mol. The van der Waals surface area contributed by atoms with Gasteiger partial charge in [-0.3, -0.25) is 19.6 Å². The lowest BCUT2D eigenvalue weighted by Gasteiger charge is -2.27. The Hall–Kier alpha value is -1.96. The fourth-order valence-electron chi connectivity index (χ4n) is 3.22. The van der Waals surface area contributed by atoms with E-state index < -0.39 is 4.92 Å². The van der Waals surface area contributed by atoms with E-state index in [0.29, 0.717) is 11.1 Å². The molecule has 0 saturated heterocycles. The minimum atomic E-state index is -0.411. The summed E-state index contributed by atoms with van der Waals surface area (Å²) in [4.78, 5) is 22.4. The summed E-state index contributed by atoms with van der Waals surface area (Å²) in [5.41, 5.74) is 0.757. The van der Waals surface area contributed by atoms with Crippen molar-refractivity contribution in [3.8, 4) is 0 Å². The molecule has 0 N–H and O–H groups in total. The van der Waals surface area contributed by atoms with Crippen LogP contribution in [0.1, 0.15) is 38.6 Å². The van der Waals surface area contributed by atoms with Gasteiger partial charge in [0.1, 0.15) is 0 Å². The highest BCUT2D eigenvalue weighted by molar-refractivity contribution is 9.10. The van der Waals surface area contributed by atoms with Gasteiger partial charge in [0.05, 0.1) is 33.5 Å². The summed E-state index contributed by atoms with van der Waals surface area (Å²) in [5.74, 6) is -0.137. The Balaban J connectivity index is 1.76. The second-order valence-corrected chi connectivity index (χ2v) is 6.84. The van der Waals surface area contributed by atoms with E-state index in [4.69, 9.17) is 4.74 Å². The predicted molar refractivity (Wildman–Crippen MR) is 91.7 cm³/mol. The lowest BCUT2D eigenvalue weighted by molar-refractivity contribution is -0.385. The number of halogens is 1. The third-order valence-corrected chi connectivity index (χ3v) is 5.11. The van der Waals surface area contributed by atoms with Crippen LogP contribution in [0.15, 0.2) is 22.8 Å². The Kier molecular flexibility index (Phi) is 4.84. The van der Waals surface area contributed by atoms with Crippen molar-refractivity contribution in [3.63, 3.8) is 0 Å². The summed E-state index contributed by atoms with van der Waals surface area (Å²) in [7, 11) is 0. The molecule has 1 aliphatic carbocycles. The molecule has 1 fully saturated rings. The number of hydrogen-bond acceptors (Lipinski definition) is 5. The number of nitrogens with zero attached hydrogens (tertiary/aromatic N) is 3. The molecular weight excluding hydrogens is 378 g/mol. The van der Waals surface area contributed by atoms with Gasteiger partial charge in [0, 0.05) is 17.6 Å².